The molecule has 1 spiro atoms. The van der Waals surface area contributed by atoms with E-state index >= 15 is 0 Å². The minimum Gasteiger partial charge on any atom is -0.346 e. The monoisotopic (exact) mass is 570 g/mol. The van der Waals surface area contributed by atoms with Crippen LogP contribution in [0.3, 0.4) is 0 Å². The molecule has 1 heterocycles. The highest BCUT2D eigenvalue weighted by Crippen LogP contribution is 2.57. The number of nitro groups is 1. The van der Waals surface area contributed by atoms with Gasteiger partial charge < -0.3 is 4.90 Å². The molecule has 1 saturated carbocycles. The third kappa shape index (κ3) is 4.21. The Labute approximate surface area is 234 Å². The minimum atomic E-state index is -0.287. The zero-order valence-electron chi connectivity index (χ0n) is 22.7. The molecule has 1 aliphatic heterocycles. The first-order valence-corrected chi connectivity index (χ1v) is 14.2. The van der Waals surface area contributed by atoms with Crippen LogP contribution in [0.4, 0.5) is 11.4 Å². The fourth-order valence-electron chi connectivity index (χ4n) is 6.76. The van der Waals surface area contributed by atoms with Gasteiger partial charge in [0.1, 0.15) is 0 Å². The maximum Gasteiger partial charge on any atom is 0.271 e. The van der Waals surface area contributed by atoms with Gasteiger partial charge in [-0.1, -0.05) is 88.2 Å². The van der Waals surface area contributed by atoms with Crippen molar-refractivity contribution in [2.75, 3.05) is 11.9 Å². The van der Waals surface area contributed by atoms with Crippen LogP contribution in [0.2, 0.25) is 0 Å². The Morgan fingerprint density at radius 1 is 1.13 bits per heavy atom. The second-order valence-electron chi connectivity index (χ2n) is 11.3. The van der Waals surface area contributed by atoms with E-state index in [0.29, 0.717) is 0 Å². The predicted octanol–water partition coefficient (Wildman–Crippen LogP) is 9.44. The van der Waals surface area contributed by atoms with Gasteiger partial charge in [0, 0.05) is 40.2 Å². The van der Waals surface area contributed by atoms with E-state index in [1.165, 1.54) is 34.0 Å². The SMILES string of the molecule is C=C(/C=C/C=C1/N(C)c2c(Br)cc([N+](=O)[O-])cc2C12CCCCC2)C(C)(C)c1c(C)ccc2ccccc12. The van der Waals surface area contributed by atoms with Crippen molar-refractivity contribution in [2.24, 2.45) is 0 Å². The molecule has 196 valence electrons. The number of allylic oxidation sites excluding steroid dienone is 5. The molecule has 0 atom stereocenters. The van der Waals surface area contributed by atoms with Gasteiger partial charge in [0.05, 0.1) is 10.6 Å². The lowest BCUT2D eigenvalue weighted by Gasteiger charge is -2.36. The average Bonchev–Trinajstić information content (AvgIpc) is 3.11. The Morgan fingerprint density at radius 2 is 1.84 bits per heavy atom. The lowest BCUT2D eigenvalue weighted by Crippen LogP contribution is -2.31. The van der Waals surface area contributed by atoms with E-state index in [0.717, 1.165) is 47.0 Å². The van der Waals surface area contributed by atoms with Crippen LogP contribution in [0.15, 0.2) is 89.1 Å². The summed E-state index contributed by atoms with van der Waals surface area (Å²) in [6.45, 7) is 11.2. The van der Waals surface area contributed by atoms with E-state index in [2.05, 4.69) is 110 Å². The van der Waals surface area contributed by atoms with Crippen LogP contribution in [0.25, 0.3) is 10.8 Å². The van der Waals surface area contributed by atoms with Gasteiger partial charge in [0.25, 0.3) is 5.69 Å². The summed E-state index contributed by atoms with van der Waals surface area (Å²) in [5, 5.41) is 14.2. The standard InChI is InChI=1S/C33H35BrN2O2/c1-22-16-17-24-13-7-8-14-26(24)30(22)32(3,4)23(2)12-11-15-29-33(18-9-6-10-19-33)27-20-25(36(37)38)21-28(34)31(27)35(29)5/h7-8,11-17,20-21H,2,6,9-10,18-19H2,1,3-5H3/b12-11+,29-15+. The van der Waals surface area contributed by atoms with E-state index in [1.54, 1.807) is 12.1 Å². The molecule has 0 saturated heterocycles. The first-order valence-electron chi connectivity index (χ1n) is 13.4. The first kappa shape index (κ1) is 26.4. The lowest BCUT2D eigenvalue weighted by molar-refractivity contribution is -0.385. The Balaban J connectivity index is 1.54. The van der Waals surface area contributed by atoms with Crippen molar-refractivity contribution in [3.8, 4) is 0 Å². The summed E-state index contributed by atoms with van der Waals surface area (Å²) in [7, 11) is 2.08. The highest BCUT2D eigenvalue weighted by atomic mass is 79.9. The third-order valence-corrected chi connectivity index (χ3v) is 9.39. The number of aryl methyl sites for hydroxylation is 1. The van der Waals surface area contributed by atoms with Crippen molar-refractivity contribution in [3.05, 3.63) is 116 Å². The van der Waals surface area contributed by atoms with E-state index in [4.69, 9.17) is 0 Å². The Hall–Kier alpha value is -3.18. The molecule has 3 aromatic rings. The van der Waals surface area contributed by atoms with Gasteiger partial charge in [-0.15, -0.1) is 0 Å². The number of rotatable bonds is 5. The molecule has 0 N–H and O–H groups in total. The van der Waals surface area contributed by atoms with Crippen LogP contribution in [0, 0.1) is 17.0 Å². The molecule has 5 rings (SSSR count). The van der Waals surface area contributed by atoms with E-state index in [-0.39, 0.29) is 21.4 Å². The molecule has 0 aromatic heterocycles. The summed E-state index contributed by atoms with van der Waals surface area (Å²) in [6, 6.07) is 16.4. The van der Waals surface area contributed by atoms with E-state index in [9.17, 15) is 10.1 Å². The van der Waals surface area contributed by atoms with Crippen LogP contribution in [-0.2, 0) is 10.8 Å². The molecule has 2 aliphatic rings. The van der Waals surface area contributed by atoms with Gasteiger partial charge >= 0.3 is 0 Å². The molecular formula is C33H35BrN2O2. The third-order valence-electron chi connectivity index (χ3n) is 8.79. The van der Waals surface area contributed by atoms with Gasteiger partial charge in [-0.25, -0.2) is 0 Å². The van der Waals surface area contributed by atoms with Crippen molar-refractivity contribution in [1.82, 2.24) is 0 Å². The van der Waals surface area contributed by atoms with Crippen LogP contribution in [0.5, 0.6) is 0 Å². The highest BCUT2D eigenvalue weighted by Gasteiger charge is 2.48. The molecule has 38 heavy (non-hydrogen) atoms. The summed E-state index contributed by atoms with van der Waals surface area (Å²) in [4.78, 5) is 13.6. The summed E-state index contributed by atoms with van der Waals surface area (Å²) < 4.78 is 0.776. The van der Waals surface area contributed by atoms with Gasteiger partial charge in [-0.3, -0.25) is 10.1 Å². The molecule has 4 nitrogen and oxygen atoms in total. The quantitative estimate of drug-likeness (QED) is 0.174. The number of likely N-dealkylation sites (N-methyl/N-ethyl adjacent to an activating group) is 1. The molecular weight excluding hydrogens is 536 g/mol. The Morgan fingerprint density at radius 3 is 2.55 bits per heavy atom. The number of anilines is 1. The zero-order valence-corrected chi connectivity index (χ0v) is 24.3. The second-order valence-corrected chi connectivity index (χ2v) is 12.2. The number of benzene rings is 3. The fourth-order valence-corrected chi connectivity index (χ4v) is 7.48. The van der Waals surface area contributed by atoms with Crippen molar-refractivity contribution in [1.29, 1.82) is 0 Å². The molecule has 1 aliphatic carbocycles. The molecule has 5 heteroatoms. The number of non-ortho nitro benzene ring substituents is 1. The maximum atomic E-state index is 11.7. The number of hydrogen-bond acceptors (Lipinski definition) is 3. The predicted molar refractivity (Wildman–Crippen MR) is 162 cm³/mol. The number of hydrogen-bond donors (Lipinski definition) is 0. The number of nitrogens with zero attached hydrogens (tertiary/aromatic N) is 2. The zero-order chi connectivity index (χ0) is 27.2. The molecule has 1 fully saturated rings. The van der Waals surface area contributed by atoms with Gasteiger partial charge in [-0.05, 0) is 74.8 Å². The van der Waals surface area contributed by atoms with Crippen molar-refractivity contribution in [2.45, 2.75) is 63.7 Å². The van der Waals surface area contributed by atoms with Crippen molar-refractivity contribution >= 4 is 38.1 Å². The van der Waals surface area contributed by atoms with Gasteiger partial charge in [0.2, 0.25) is 0 Å². The number of fused-ring (bicyclic) bond motifs is 3. The fraction of sp³-hybridized carbons (Fsp3) is 0.333. The molecule has 3 aromatic carbocycles. The minimum absolute atomic E-state index is 0.145. The summed E-state index contributed by atoms with van der Waals surface area (Å²) in [5.41, 5.74) is 6.63. The normalized spacial score (nSPS) is 18.0. The van der Waals surface area contributed by atoms with Crippen LogP contribution in [-0.4, -0.2) is 12.0 Å². The topological polar surface area (TPSA) is 46.4 Å². The smallest absolute Gasteiger partial charge is 0.271 e. The van der Waals surface area contributed by atoms with Gasteiger partial charge in [0.15, 0.2) is 0 Å². The van der Waals surface area contributed by atoms with E-state index in [1.807, 2.05) is 0 Å². The number of halogens is 1. The maximum absolute atomic E-state index is 11.7. The second kappa shape index (κ2) is 9.85. The van der Waals surface area contributed by atoms with Gasteiger partial charge in [-0.2, -0.15) is 0 Å². The molecule has 0 unspecified atom stereocenters. The van der Waals surface area contributed by atoms with Crippen LogP contribution in [0.1, 0.15) is 62.6 Å². The highest BCUT2D eigenvalue weighted by molar-refractivity contribution is 9.10. The summed E-state index contributed by atoms with van der Waals surface area (Å²) in [6.07, 6.45) is 11.9. The first-order chi connectivity index (χ1) is 18.1. The summed E-state index contributed by atoms with van der Waals surface area (Å²) >= 11 is 3.65. The van der Waals surface area contributed by atoms with E-state index < -0.39 is 0 Å². The van der Waals surface area contributed by atoms with Crippen LogP contribution >= 0.6 is 15.9 Å². The summed E-state index contributed by atoms with van der Waals surface area (Å²) in [5.74, 6) is 0. The van der Waals surface area contributed by atoms with Crippen molar-refractivity contribution < 1.29 is 4.92 Å². The largest absolute Gasteiger partial charge is 0.346 e. The number of nitro benzene ring substituents is 1. The lowest BCUT2D eigenvalue weighted by atomic mass is 9.68. The Bertz CT molecular complexity index is 1510. The van der Waals surface area contributed by atoms with Crippen molar-refractivity contribution in [3.63, 3.8) is 0 Å². The average molecular weight is 572 g/mol. The van der Waals surface area contributed by atoms with Crippen LogP contribution < -0.4 is 4.90 Å². The molecule has 0 bridgehead atoms. The Kier molecular flexibility index (Phi) is 6.85. The molecule has 0 radical (unpaired) electrons. The molecule has 0 amide bonds.